The van der Waals surface area contributed by atoms with E-state index >= 15 is 0 Å². The van der Waals surface area contributed by atoms with E-state index in [1.54, 1.807) is 0 Å². The van der Waals surface area contributed by atoms with Gasteiger partial charge in [-0.3, -0.25) is 4.90 Å². The van der Waals surface area contributed by atoms with E-state index in [4.69, 9.17) is 16.2 Å². The number of morpholine rings is 1. The van der Waals surface area contributed by atoms with Crippen molar-refractivity contribution in [3.05, 3.63) is 0 Å². The third-order valence-electron chi connectivity index (χ3n) is 1.71. The van der Waals surface area contributed by atoms with Crippen LogP contribution < -0.4 is 11.5 Å². The predicted octanol–water partition coefficient (Wildman–Crippen LogP) is -1.53. The zero-order valence-electron chi connectivity index (χ0n) is 8.52. The molecule has 0 aliphatic carbocycles. The zero-order valence-corrected chi connectivity index (χ0v) is 10.3. The fourth-order valence-corrected chi connectivity index (χ4v) is 1.07. The summed E-state index contributed by atoms with van der Waals surface area (Å²) in [5, 5.41) is 3.15. The normalized spacial score (nSPS) is 15.2. The summed E-state index contributed by atoms with van der Waals surface area (Å²) in [7, 11) is 0. The van der Waals surface area contributed by atoms with Crippen LogP contribution >= 0.6 is 12.4 Å². The van der Waals surface area contributed by atoms with Crippen LogP contribution in [-0.2, 0) is 31.4 Å². The Bertz CT molecular complexity index is 232. The first-order chi connectivity index (χ1) is 6.68. The van der Waals surface area contributed by atoms with E-state index < -0.39 is 5.97 Å². The van der Waals surface area contributed by atoms with Gasteiger partial charge in [-0.25, -0.2) is 4.79 Å². The molecule has 16 heavy (non-hydrogen) atoms. The molecule has 4 N–H and O–H groups in total. The molecule has 0 aromatic rings. The van der Waals surface area contributed by atoms with Gasteiger partial charge in [0.2, 0.25) is 5.96 Å². The molecule has 1 fully saturated rings. The van der Waals surface area contributed by atoms with E-state index in [-0.39, 0.29) is 42.0 Å². The number of nitrogens with zero attached hydrogens (tertiary/aromatic N) is 2. The second-order valence-electron chi connectivity index (χ2n) is 2.87. The molecular weight excluding hydrogens is 287 g/mol. The fourth-order valence-electron chi connectivity index (χ4n) is 1.07. The molecule has 1 aliphatic heterocycles. The van der Waals surface area contributed by atoms with Gasteiger partial charge in [-0.15, -0.1) is 12.4 Å². The average molecular weight is 302 g/mol. The van der Waals surface area contributed by atoms with E-state index in [0.717, 1.165) is 13.1 Å². The molecule has 1 rings (SSSR count). The van der Waals surface area contributed by atoms with E-state index in [9.17, 15) is 4.79 Å². The molecule has 1 aliphatic rings. The van der Waals surface area contributed by atoms with Gasteiger partial charge < -0.3 is 21.0 Å². The molecule has 99 valence electrons. The number of rotatable bonds is 3. The van der Waals surface area contributed by atoms with Crippen molar-refractivity contribution in [2.45, 2.75) is 0 Å². The molecule has 9 heteroatoms. The predicted molar refractivity (Wildman–Crippen MR) is 56.4 cm³/mol. The summed E-state index contributed by atoms with van der Waals surface area (Å²) >= 11 is 0. The van der Waals surface area contributed by atoms with Crippen LogP contribution in [0.25, 0.3) is 0 Å². The van der Waals surface area contributed by atoms with E-state index in [1.165, 1.54) is 0 Å². The number of ether oxygens (including phenoxy) is 1. The Morgan fingerprint density at radius 3 is 2.44 bits per heavy atom. The van der Waals surface area contributed by atoms with Gasteiger partial charge in [-0.2, -0.15) is 0 Å². The second kappa shape index (κ2) is 9.68. The van der Waals surface area contributed by atoms with E-state index in [1.807, 2.05) is 4.90 Å². The van der Waals surface area contributed by atoms with Gasteiger partial charge in [-0.05, 0) is 5.16 Å². The molecule has 1 heterocycles. The van der Waals surface area contributed by atoms with Gasteiger partial charge in [0.25, 0.3) is 0 Å². The fraction of sp³-hybridized carbons (Fsp3) is 0.714. The van der Waals surface area contributed by atoms with Crippen LogP contribution in [0, 0.1) is 0 Å². The van der Waals surface area contributed by atoms with Crippen LogP contribution in [0.4, 0.5) is 0 Å². The van der Waals surface area contributed by atoms with Gasteiger partial charge in [0.1, 0.15) is 0 Å². The van der Waals surface area contributed by atoms with Crippen LogP contribution in [0.2, 0.25) is 0 Å². The van der Waals surface area contributed by atoms with Crippen molar-refractivity contribution in [2.75, 3.05) is 32.8 Å². The molecule has 0 unspecified atom stereocenters. The van der Waals surface area contributed by atoms with Crippen molar-refractivity contribution in [1.82, 2.24) is 4.90 Å². The molecule has 7 nitrogen and oxygen atoms in total. The average Bonchev–Trinajstić information content (AvgIpc) is 2.16. The smallest absolute Gasteiger partial charge is 0.349 e. The van der Waals surface area contributed by atoms with Crippen molar-refractivity contribution in [2.24, 2.45) is 16.6 Å². The minimum atomic E-state index is -0.472. The van der Waals surface area contributed by atoms with E-state index in [0.29, 0.717) is 13.2 Å². The quantitative estimate of drug-likeness (QED) is 0.215. The Balaban J connectivity index is 0. The number of guanidine groups is 1. The Kier molecular flexibility index (Phi) is 10.8. The number of carbonyl (C=O) groups excluding carboxylic acids is 1. The maximum absolute atomic E-state index is 11.1. The third kappa shape index (κ3) is 7.72. The summed E-state index contributed by atoms with van der Waals surface area (Å²) in [5.74, 6) is -0.736. The molecule has 0 bridgehead atoms. The van der Waals surface area contributed by atoms with Gasteiger partial charge in [0.15, 0.2) is 0 Å². The van der Waals surface area contributed by atoms with Crippen molar-refractivity contribution in [3.8, 4) is 0 Å². The summed E-state index contributed by atoms with van der Waals surface area (Å²) in [5.41, 5.74) is 9.98. The number of hydrogen-bond donors (Lipinski definition) is 2. The van der Waals surface area contributed by atoms with Crippen molar-refractivity contribution in [1.29, 1.82) is 0 Å². The first-order valence-corrected chi connectivity index (χ1v) is 4.27. The summed E-state index contributed by atoms with van der Waals surface area (Å²) < 4.78 is 5.12. The number of hydrogen-bond acceptors (Lipinski definition) is 5. The minimum absolute atomic E-state index is 0. The molecule has 1 radical (unpaired) electrons. The van der Waals surface area contributed by atoms with Gasteiger partial charge >= 0.3 is 5.97 Å². The van der Waals surface area contributed by atoms with Crippen LogP contribution in [0.5, 0.6) is 0 Å². The Morgan fingerprint density at radius 2 is 1.94 bits per heavy atom. The first-order valence-electron chi connectivity index (χ1n) is 4.27. The number of carbonyl (C=O) groups is 1. The number of nitrogens with two attached hydrogens (primary N) is 2. The third-order valence-corrected chi connectivity index (χ3v) is 1.71. The summed E-state index contributed by atoms with van der Waals surface area (Å²) in [6.45, 7) is 2.89. The van der Waals surface area contributed by atoms with Crippen molar-refractivity contribution >= 4 is 24.3 Å². The van der Waals surface area contributed by atoms with Crippen LogP contribution in [-0.4, -0.2) is 49.7 Å². The molecule has 0 spiro atoms. The Labute approximate surface area is 110 Å². The van der Waals surface area contributed by atoms with Gasteiger partial charge in [-0.1, -0.05) is 0 Å². The SMILES string of the molecule is Cl.NC(N)=NOC(=O)CN1CCOCC1.[Cu]. The monoisotopic (exact) mass is 301 g/mol. The maximum atomic E-state index is 11.1. The van der Waals surface area contributed by atoms with Crippen LogP contribution in [0.3, 0.4) is 0 Å². The second-order valence-corrected chi connectivity index (χ2v) is 2.87. The first kappa shape index (κ1) is 17.9. The number of halogens is 1. The molecular formula is C7H15ClCuN4O3. The summed E-state index contributed by atoms with van der Waals surface area (Å²) in [6, 6.07) is 0. The summed E-state index contributed by atoms with van der Waals surface area (Å²) in [6.07, 6.45) is 0. The summed E-state index contributed by atoms with van der Waals surface area (Å²) in [4.78, 5) is 17.4. The van der Waals surface area contributed by atoms with Crippen molar-refractivity contribution in [3.63, 3.8) is 0 Å². The Morgan fingerprint density at radius 1 is 1.38 bits per heavy atom. The standard InChI is InChI=1S/C7H14N4O3.ClH.Cu/c8-7(9)10-14-6(12)5-11-1-3-13-4-2-11;;/h1-5H2,(H4,8,9,10);1H;. The zero-order chi connectivity index (χ0) is 10.4. The molecule has 1 saturated heterocycles. The van der Waals surface area contributed by atoms with Gasteiger partial charge in [0.05, 0.1) is 19.8 Å². The van der Waals surface area contributed by atoms with E-state index in [2.05, 4.69) is 9.99 Å². The molecule has 0 amide bonds. The molecule has 0 atom stereocenters. The van der Waals surface area contributed by atoms with Gasteiger partial charge in [0, 0.05) is 30.2 Å². The maximum Gasteiger partial charge on any atom is 0.349 e. The number of oxime groups is 1. The van der Waals surface area contributed by atoms with Crippen LogP contribution in [0.1, 0.15) is 0 Å². The minimum Gasteiger partial charge on any atom is -0.379 e. The van der Waals surface area contributed by atoms with Crippen LogP contribution in [0.15, 0.2) is 5.16 Å². The largest absolute Gasteiger partial charge is 0.379 e. The molecule has 0 aromatic carbocycles. The molecule has 0 saturated carbocycles. The van der Waals surface area contributed by atoms with Crippen molar-refractivity contribution < 1.29 is 31.4 Å². The topological polar surface area (TPSA) is 103 Å². The molecule has 0 aromatic heterocycles. The Hall–Kier alpha value is -0.531.